The lowest BCUT2D eigenvalue weighted by molar-refractivity contribution is 0.623. The molecule has 1 saturated heterocycles. The summed E-state index contributed by atoms with van der Waals surface area (Å²) in [7, 11) is 0. The number of aromatic nitrogens is 4. The second kappa shape index (κ2) is 4.12. The standard InChI is InChI=1S/C12H18N6/c1-3-8-5-4-7(2)18(8)11-9-6-14-17-10(9)15-12(13)16-11/h6-8H,3-5H2,1-2H3,(H3,13,14,15,16,17). The number of anilines is 2. The Morgan fingerprint density at radius 1 is 1.44 bits per heavy atom. The van der Waals surface area contributed by atoms with Crippen molar-refractivity contribution >= 4 is 22.8 Å². The number of hydrogen-bond donors (Lipinski definition) is 2. The molecule has 2 aromatic rings. The molecule has 96 valence electrons. The fourth-order valence-corrected chi connectivity index (χ4v) is 2.89. The zero-order valence-electron chi connectivity index (χ0n) is 10.7. The second-order valence-electron chi connectivity index (χ2n) is 4.93. The molecule has 0 aliphatic carbocycles. The number of H-pyrrole nitrogens is 1. The lowest BCUT2D eigenvalue weighted by atomic mass is 10.1. The summed E-state index contributed by atoms with van der Waals surface area (Å²) in [5, 5.41) is 7.86. The van der Waals surface area contributed by atoms with Crippen LogP contribution in [0.2, 0.25) is 0 Å². The van der Waals surface area contributed by atoms with E-state index in [1.165, 1.54) is 12.8 Å². The summed E-state index contributed by atoms with van der Waals surface area (Å²) >= 11 is 0. The Morgan fingerprint density at radius 2 is 2.28 bits per heavy atom. The molecule has 0 saturated carbocycles. The summed E-state index contributed by atoms with van der Waals surface area (Å²) in [6, 6.07) is 1.02. The number of nitrogen functional groups attached to an aromatic ring is 1. The molecule has 6 nitrogen and oxygen atoms in total. The van der Waals surface area contributed by atoms with Crippen LogP contribution in [0.15, 0.2) is 6.20 Å². The van der Waals surface area contributed by atoms with Crippen LogP contribution >= 0.6 is 0 Å². The van der Waals surface area contributed by atoms with Crippen LogP contribution in [0.4, 0.5) is 11.8 Å². The van der Waals surface area contributed by atoms with Crippen LogP contribution in [0.3, 0.4) is 0 Å². The molecule has 18 heavy (non-hydrogen) atoms. The summed E-state index contributed by atoms with van der Waals surface area (Å²) in [5.74, 6) is 1.22. The number of nitrogens with one attached hydrogen (secondary N) is 1. The van der Waals surface area contributed by atoms with E-state index < -0.39 is 0 Å². The third-order valence-corrected chi connectivity index (χ3v) is 3.81. The van der Waals surface area contributed by atoms with E-state index in [1.54, 1.807) is 6.20 Å². The quantitative estimate of drug-likeness (QED) is 0.842. The minimum absolute atomic E-state index is 0.302. The first-order chi connectivity index (χ1) is 8.70. The summed E-state index contributed by atoms with van der Waals surface area (Å²) in [6.45, 7) is 4.45. The first-order valence-corrected chi connectivity index (χ1v) is 6.45. The Kier molecular flexibility index (Phi) is 2.57. The smallest absolute Gasteiger partial charge is 0.224 e. The van der Waals surface area contributed by atoms with E-state index in [4.69, 9.17) is 5.73 Å². The fraction of sp³-hybridized carbons (Fsp3) is 0.583. The van der Waals surface area contributed by atoms with Gasteiger partial charge in [-0.25, -0.2) is 0 Å². The van der Waals surface area contributed by atoms with Gasteiger partial charge in [-0.05, 0) is 26.2 Å². The van der Waals surface area contributed by atoms with Gasteiger partial charge >= 0.3 is 0 Å². The van der Waals surface area contributed by atoms with Crippen LogP contribution in [-0.2, 0) is 0 Å². The zero-order chi connectivity index (χ0) is 12.7. The molecule has 1 aliphatic rings. The molecule has 0 radical (unpaired) electrons. The molecule has 2 unspecified atom stereocenters. The zero-order valence-corrected chi connectivity index (χ0v) is 10.7. The van der Waals surface area contributed by atoms with Gasteiger partial charge in [0.1, 0.15) is 5.82 Å². The van der Waals surface area contributed by atoms with Crippen molar-refractivity contribution in [2.24, 2.45) is 0 Å². The monoisotopic (exact) mass is 246 g/mol. The van der Waals surface area contributed by atoms with Gasteiger partial charge in [0.2, 0.25) is 5.95 Å². The lowest BCUT2D eigenvalue weighted by Gasteiger charge is -2.29. The summed E-state index contributed by atoms with van der Waals surface area (Å²) in [6.07, 6.45) is 5.30. The number of hydrogen-bond acceptors (Lipinski definition) is 5. The Labute approximate surface area is 106 Å². The first-order valence-electron chi connectivity index (χ1n) is 6.45. The van der Waals surface area contributed by atoms with Crippen LogP contribution < -0.4 is 10.6 Å². The lowest BCUT2D eigenvalue weighted by Crippen LogP contribution is -2.35. The summed E-state index contributed by atoms with van der Waals surface area (Å²) in [4.78, 5) is 11.0. The highest BCUT2D eigenvalue weighted by atomic mass is 15.3. The minimum atomic E-state index is 0.302. The van der Waals surface area contributed by atoms with Crippen LogP contribution in [0.25, 0.3) is 11.0 Å². The average molecular weight is 246 g/mol. The van der Waals surface area contributed by atoms with Gasteiger partial charge in [0, 0.05) is 12.1 Å². The van der Waals surface area contributed by atoms with Crippen LogP contribution in [0, 0.1) is 0 Å². The Balaban J connectivity index is 2.15. The highest BCUT2D eigenvalue weighted by molar-refractivity contribution is 5.87. The Hall–Kier alpha value is -1.85. The SMILES string of the molecule is CCC1CCC(C)N1c1nc(N)nc2[nH]ncc12. The maximum atomic E-state index is 5.79. The van der Waals surface area contributed by atoms with E-state index in [1.807, 2.05) is 0 Å². The molecule has 6 heteroatoms. The van der Waals surface area contributed by atoms with Crippen molar-refractivity contribution < 1.29 is 0 Å². The molecule has 3 heterocycles. The van der Waals surface area contributed by atoms with Crippen molar-refractivity contribution in [1.82, 2.24) is 20.2 Å². The number of rotatable bonds is 2. The normalized spacial score (nSPS) is 24.0. The van der Waals surface area contributed by atoms with Crippen molar-refractivity contribution in [2.45, 2.75) is 45.2 Å². The van der Waals surface area contributed by atoms with Crippen molar-refractivity contribution in [1.29, 1.82) is 0 Å². The van der Waals surface area contributed by atoms with Gasteiger partial charge < -0.3 is 10.6 Å². The molecule has 0 bridgehead atoms. The van der Waals surface area contributed by atoms with E-state index in [-0.39, 0.29) is 0 Å². The second-order valence-corrected chi connectivity index (χ2v) is 4.93. The van der Waals surface area contributed by atoms with E-state index in [0.29, 0.717) is 23.7 Å². The summed E-state index contributed by atoms with van der Waals surface area (Å²) in [5.41, 5.74) is 6.50. The third-order valence-electron chi connectivity index (χ3n) is 3.81. The third kappa shape index (κ3) is 1.60. The fourth-order valence-electron chi connectivity index (χ4n) is 2.89. The van der Waals surface area contributed by atoms with Crippen LogP contribution in [0.1, 0.15) is 33.1 Å². The van der Waals surface area contributed by atoms with Gasteiger partial charge in [0.15, 0.2) is 5.65 Å². The predicted octanol–water partition coefficient (Wildman–Crippen LogP) is 1.70. The van der Waals surface area contributed by atoms with Gasteiger partial charge in [-0.1, -0.05) is 6.92 Å². The summed E-state index contributed by atoms with van der Waals surface area (Å²) < 4.78 is 0. The number of aromatic amines is 1. The number of fused-ring (bicyclic) bond motifs is 1. The van der Waals surface area contributed by atoms with Crippen molar-refractivity contribution in [3.05, 3.63) is 6.20 Å². The maximum absolute atomic E-state index is 5.79. The largest absolute Gasteiger partial charge is 0.368 e. The van der Waals surface area contributed by atoms with Gasteiger partial charge in [-0.15, -0.1) is 0 Å². The van der Waals surface area contributed by atoms with Gasteiger partial charge in [-0.3, -0.25) is 5.10 Å². The maximum Gasteiger partial charge on any atom is 0.224 e. The highest BCUT2D eigenvalue weighted by Gasteiger charge is 2.32. The molecule has 2 atom stereocenters. The van der Waals surface area contributed by atoms with Crippen molar-refractivity contribution in [3.63, 3.8) is 0 Å². The van der Waals surface area contributed by atoms with Crippen molar-refractivity contribution in [3.8, 4) is 0 Å². The molecular weight excluding hydrogens is 228 g/mol. The molecule has 1 aliphatic heterocycles. The topological polar surface area (TPSA) is 83.7 Å². The molecule has 1 fully saturated rings. The predicted molar refractivity (Wildman–Crippen MR) is 71.4 cm³/mol. The molecule has 0 spiro atoms. The Morgan fingerprint density at radius 3 is 3.06 bits per heavy atom. The molecule has 0 aromatic carbocycles. The number of nitrogens with zero attached hydrogens (tertiary/aromatic N) is 4. The van der Waals surface area contributed by atoms with Gasteiger partial charge in [-0.2, -0.15) is 15.1 Å². The van der Waals surface area contributed by atoms with Gasteiger partial charge in [0.25, 0.3) is 0 Å². The molecule has 3 N–H and O–H groups in total. The van der Waals surface area contributed by atoms with Crippen LogP contribution in [-0.4, -0.2) is 32.2 Å². The van der Waals surface area contributed by atoms with E-state index in [0.717, 1.165) is 17.6 Å². The molecular formula is C12H18N6. The molecule has 3 rings (SSSR count). The van der Waals surface area contributed by atoms with Gasteiger partial charge in [0.05, 0.1) is 11.6 Å². The van der Waals surface area contributed by atoms with Crippen molar-refractivity contribution in [2.75, 3.05) is 10.6 Å². The Bertz CT molecular complexity index is 563. The highest BCUT2D eigenvalue weighted by Crippen LogP contribution is 2.34. The minimum Gasteiger partial charge on any atom is -0.368 e. The van der Waals surface area contributed by atoms with E-state index in [9.17, 15) is 0 Å². The first kappa shape index (κ1) is 11.3. The molecule has 0 amide bonds. The average Bonchev–Trinajstić information content (AvgIpc) is 2.94. The van der Waals surface area contributed by atoms with E-state index in [2.05, 4.69) is 38.9 Å². The number of nitrogens with two attached hydrogens (primary N) is 1. The molecule has 2 aromatic heterocycles. The van der Waals surface area contributed by atoms with E-state index >= 15 is 0 Å². The van der Waals surface area contributed by atoms with Crippen LogP contribution in [0.5, 0.6) is 0 Å².